The van der Waals surface area contributed by atoms with Gasteiger partial charge < -0.3 is 11.1 Å². The van der Waals surface area contributed by atoms with Crippen LogP contribution in [0.2, 0.25) is 0 Å². The van der Waals surface area contributed by atoms with E-state index in [-0.39, 0.29) is 0 Å². The number of hydrogen-bond acceptors (Lipinski definition) is 6. The zero-order valence-corrected chi connectivity index (χ0v) is 15.1. The first-order valence-electron chi connectivity index (χ1n) is 8.82. The summed E-state index contributed by atoms with van der Waals surface area (Å²) in [7, 11) is 0. The normalized spacial score (nSPS) is 12.0. The first kappa shape index (κ1) is 17.4. The molecule has 4 rings (SSSR count). The lowest BCUT2D eigenvalue weighted by molar-refractivity contribution is -0.118. The van der Waals surface area contributed by atoms with Gasteiger partial charge in [-0.3, -0.25) is 4.79 Å². The molecule has 0 aliphatic heterocycles. The van der Waals surface area contributed by atoms with Gasteiger partial charge in [-0.25, -0.2) is 9.97 Å². The number of fused-ring (bicyclic) bond motifs is 3. The second-order valence-corrected chi connectivity index (χ2v) is 6.32. The molecule has 0 saturated carbocycles. The van der Waals surface area contributed by atoms with E-state index in [0.29, 0.717) is 29.4 Å². The zero-order chi connectivity index (χ0) is 19.7. The topological polar surface area (TPSA) is 122 Å². The van der Waals surface area contributed by atoms with E-state index in [4.69, 9.17) is 11.0 Å². The molecule has 2 aromatic heterocycles. The van der Waals surface area contributed by atoms with E-state index in [9.17, 15) is 4.79 Å². The molecule has 0 bridgehead atoms. The molecule has 1 amide bonds. The van der Waals surface area contributed by atoms with Gasteiger partial charge in [0.25, 0.3) is 0 Å². The Morgan fingerprint density at radius 3 is 2.82 bits per heavy atom. The smallest absolute Gasteiger partial charge is 0.239 e. The van der Waals surface area contributed by atoms with Crippen molar-refractivity contribution < 1.29 is 4.79 Å². The highest BCUT2D eigenvalue weighted by atomic mass is 16.1. The predicted octanol–water partition coefficient (Wildman–Crippen LogP) is 2.49. The first-order valence-corrected chi connectivity index (χ1v) is 8.82. The summed E-state index contributed by atoms with van der Waals surface area (Å²) in [6.45, 7) is 1.86. The lowest BCUT2D eigenvalue weighted by atomic mass is 10.1. The first-order chi connectivity index (χ1) is 13.6. The van der Waals surface area contributed by atoms with E-state index in [1.807, 2.05) is 37.3 Å². The number of aromatic nitrogens is 4. The maximum atomic E-state index is 11.7. The highest BCUT2D eigenvalue weighted by Gasteiger charge is 2.19. The van der Waals surface area contributed by atoms with Crippen molar-refractivity contribution >= 4 is 28.4 Å². The summed E-state index contributed by atoms with van der Waals surface area (Å²) in [5, 5.41) is 17.6. The number of nitrogens with one attached hydrogen (secondary N) is 1. The van der Waals surface area contributed by atoms with E-state index in [1.165, 1.54) is 0 Å². The molecule has 2 heterocycles. The molecule has 138 valence electrons. The number of amides is 1. The molecule has 0 spiro atoms. The molecule has 0 aliphatic carbocycles. The van der Waals surface area contributed by atoms with Gasteiger partial charge in [0.1, 0.15) is 6.04 Å². The van der Waals surface area contributed by atoms with Gasteiger partial charge in [0, 0.05) is 10.9 Å². The minimum atomic E-state index is -0.577. The fourth-order valence-corrected chi connectivity index (χ4v) is 3.03. The van der Waals surface area contributed by atoms with Crippen molar-refractivity contribution in [3.05, 3.63) is 54.1 Å². The van der Waals surface area contributed by atoms with E-state index in [2.05, 4.69) is 26.5 Å². The Balaban J connectivity index is 1.94. The number of primary amides is 1. The van der Waals surface area contributed by atoms with Crippen molar-refractivity contribution in [1.82, 2.24) is 19.6 Å². The number of anilines is 1. The van der Waals surface area contributed by atoms with Crippen LogP contribution in [-0.4, -0.2) is 31.5 Å². The second kappa shape index (κ2) is 6.96. The highest BCUT2D eigenvalue weighted by Crippen LogP contribution is 2.25. The average Bonchev–Trinajstić information content (AvgIpc) is 3.17. The van der Waals surface area contributed by atoms with Gasteiger partial charge in [-0.15, -0.1) is 5.10 Å². The quantitative estimate of drug-likeness (QED) is 0.556. The van der Waals surface area contributed by atoms with Gasteiger partial charge in [-0.2, -0.15) is 9.78 Å². The molecule has 4 aromatic rings. The summed E-state index contributed by atoms with van der Waals surface area (Å²) < 4.78 is 1.57. The fraction of sp³-hybridized carbons (Fsp3) is 0.150. The van der Waals surface area contributed by atoms with Gasteiger partial charge in [-0.1, -0.05) is 31.2 Å². The summed E-state index contributed by atoms with van der Waals surface area (Å²) in [6, 6.07) is 16.2. The fourth-order valence-electron chi connectivity index (χ4n) is 3.03. The standard InChI is InChI=1S/C20H17N7O/c1-2-15(17(22)28)23-20-24-16-9-4-3-8-14(16)19-25-18(26-27(19)20)13-7-5-6-12(10-13)11-21/h3-10,15H,2H2,1H3,(H2,22,28)(H,23,24)/t15-/m1/s1. The number of carbonyl (C=O) groups is 1. The maximum Gasteiger partial charge on any atom is 0.239 e. The number of benzene rings is 2. The number of carbonyl (C=O) groups excluding carboxylic acids is 1. The highest BCUT2D eigenvalue weighted by molar-refractivity contribution is 5.93. The van der Waals surface area contributed by atoms with Gasteiger partial charge in [0.2, 0.25) is 11.9 Å². The van der Waals surface area contributed by atoms with Crippen molar-refractivity contribution in [3.63, 3.8) is 0 Å². The summed E-state index contributed by atoms with van der Waals surface area (Å²) in [5.41, 5.74) is 8.05. The van der Waals surface area contributed by atoms with Crippen LogP contribution in [0.15, 0.2) is 48.5 Å². The van der Waals surface area contributed by atoms with E-state index >= 15 is 0 Å². The minimum absolute atomic E-state index is 0.384. The van der Waals surface area contributed by atoms with Crippen molar-refractivity contribution in [2.75, 3.05) is 5.32 Å². The van der Waals surface area contributed by atoms with Crippen LogP contribution in [-0.2, 0) is 4.79 Å². The van der Waals surface area contributed by atoms with Crippen LogP contribution in [0.3, 0.4) is 0 Å². The van der Waals surface area contributed by atoms with Crippen molar-refractivity contribution in [2.45, 2.75) is 19.4 Å². The molecule has 8 heteroatoms. The van der Waals surface area contributed by atoms with Crippen LogP contribution in [0.1, 0.15) is 18.9 Å². The van der Waals surface area contributed by atoms with Crippen molar-refractivity contribution in [2.24, 2.45) is 5.73 Å². The lowest BCUT2D eigenvalue weighted by Gasteiger charge is -2.15. The third kappa shape index (κ3) is 2.99. The summed E-state index contributed by atoms with van der Waals surface area (Å²) in [6.07, 6.45) is 0.511. The van der Waals surface area contributed by atoms with Crippen LogP contribution < -0.4 is 11.1 Å². The molecule has 3 N–H and O–H groups in total. The monoisotopic (exact) mass is 371 g/mol. The minimum Gasteiger partial charge on any atom is -0.368 e. The number of rotatable bonds is 5. The number of nitrogens with zero attached hydrogens (tertiary/aromatic N) is 5. The molecule has 0 fully saturated rings. The molecule has 0 unspecified atom stereocenters. The molecule has 0 aliphatic rings. The van der Waals surface area contributed by atoms with Crippen LogP contribution >= 0.6 is 0 Å². The number of nitriles is 1. The van der Waals surface area contributed by atoms with Gasteiger partial charge >= 0.3 is 0 Å². The Hall–Kier alpha value is -3.99. The summed E-state index contributed by atoms with van der Waals surface area (Å²) in [5.74, 6) is 0.382. The molecule has 2 aromatic carbocycles. The number of hydrogen-bond donors (Lipinski definition) is 2. The Labute approximate surface area is 160 Å². The Kier molecular flexibility index (Phi) is 4.33. The Bertz CT molecular complexity index is 1240. The molecule has 0 saturated heterocycles. The summed E-state index contributed by atoms with van der Waals surface area (Å²) >= 11 is 0. The largest absolute Gasteiger partial charge is 0.368 e. The van der Waals surface area contributed by atoms with Gasteiger partial charge in [0.05, 0.1) is 17.1 Å². The molecular weight excluding hydrogens is 354 g/mol. The SMILES string of the molecule is CC[C@@H](Nc1nc2ccccc2c2nc(-c3cccc(C#N)c3)nn12)C(N)=O. The second-order valence-electron chi connectivity index (χ2n) is 6.32. The maximum absolute atomic E-state index is 11.7. The third-order valence-electron chi connectivity index (χ3n) is 4.48. The van der Waals surface area contributed by atoms with Crippen LogP contribution in [0.5, 0.6) is 0 Å². The van der Waals surface area contributed by atoms with Crippen LogP contribution in [0.25, 0.3) is 27.9 Å². The molecule has 28 heavy (non-hydrogen) atoms. The lowest BCUT2D eigenvalue weighted by Crippen LogP contribution is -2.35. The predicted molar refractivity (Wildman–Crippen MR) is 105 cm³/mol. The van der Waals surface area contributed by atoms with E-state index < -0.39 is 11.9 Å². The molecule has 0 radical (unpaired) electrons. The van der Waals surface area contributed by atoms with Crippen molar-refractivity contribution in [1.29, 1.82) is 5.26 Å². The van der Waals surface area contributed by atoms with Crippen LogP contribution in [0.4, 0.5) is 5.95 Å². The number of nitrogens with two attached hydrogens (primary N) is 1. The van der Waals surface area contributed by atoms with E-state index in [0.717, 1.165) is 16.5 Å². The van der Waals surface area contributed by atoms with Crippen molar-refractivity contribution in [3.8, 4) is 17.5 Å². The Morgan fingerprint density at radius 1 is 1.25 bits per heavy atom. The number of para-hydroxylation sites is 1. The van der Waals surface area contributed by atoms with Gasteiger partial charge in [0.15, 0.2) is 11.5 Å². The van der Waals surface area contributed by atoms with Crippen LogP contribution in [0, 0.1) is 11.3 Å². The molecular formula is C20H17N7O. The summed E-state index contributed by atoms with van der Waals surface area (Å²) in [4.78, 5) is 21.0. The zero-order valence-electron chi connectivity index (χ0n) is 15.1. The Morgan fingerprint density at radius 2 is 2.07 bits per heavy atom. The van der Waals surface area contributed by atoms with Gasteiger partial charge in [-0.05, 0) is 30.7 Å². The molecule has 1 atom stereocenters. The third-order valence-corrected chi connectivity index (χ3v) is 4.48. The average molecular weight is 371 g/mol. The molecule has 8 nitrogen and oxygen atoms in total. The van der Waals surface area contributed by atoms with E-state index in [1.54, 1.807) is 22.7 Å².